The van der Waals surface area contributed by atoms with Crippen LogP contribution in [0.15, 0.2) is 24.3 Å². The number of halogens is 1. The molecule has 82 valence electrons. The van der Waals surface area contributed by atoms with Crippen LogP contribution in [0.25, 0.3) is 0 Å². The molecule has 0 unspecified atom stereocenters. The summed E-state index contributed by atoms with van der Waals surface area (Å²) < 4.78 is 0. The van der Waals surface area contributed by atoms with Crippen LogP contribution in [0.1, 0.15) is 18.4 Å². The lowest BCUT2D eigenvalue weighted by Crippen LogP contribution is -2.41. The van der Waals surface area contributed by atoms with E-state index in [1.54, 1.807) is 0 Å². The van der Waals surface area contributed by atoms with E-state index in [0.29, 0.717) is 6.04 Å². The number of piperidine rings is 1. The van der Waals surface area contributed by atoms with Gasteiger partial charge < -0.3 is 10.4 Å². The van der Waals surface area contributed by atoms with Gasteiger partial charge in [-0.2, -0.15) is 0 Å². The fraction of sp³-hybridized carbons (Fsp3) is 0.500. The summed E-state index contributed by atoms with van der Waals surface area (Å²) in [5.74, 6) is 0. The fourth-order valence-corrected chi connectivity index (χ4v) is 2.17. The van der Waals surface area contributed by atoms with Gasteiger partial charge in [-0.3, -0.25) is 0 Å². The minimum atomic E-state index is -0.136. The summed E-state index contributed by atoms with van der Waals surface area (Å²) >= 11 is 5.82. The third-order valence-corrected chi connectivity index (χ3v) is 3.11. The molecule has 0 radical (unpaired) electrons. The Kier molecular flexibility index (Phi) is 3.62. The van der Waals surface area contributed by atoms with Crippen molar-refractivity contribution >= 4 is 11.6 Å². The van der Waals surface area contributed by atoms with Crippen LogP contribution < -0.4 is 5.32 Å². The molecule has 2 N–H and O–H groups in total. The van der Waals surface area contributed by atoms with Gasteiger partial charge in [-0.1, -0.05) is 23.7 Å². The van der Waals surface area contributed by atoms with Crippen molar-refractivity contribution in [3.8, 4) is 0 Å². The standard InChI is InChI=1S/C12H16ClNO/c13-10-3-1-9(2-4-10)7-11-8-12(15)5-6-14-11/h1-4,11-12,14-15H,5-8H2/t11-,12-/m1/s1. The zero-order valence-corrected chi connectivity index (χ0v) is 9.37. The Labute approximate surface area is 95.3 Å². The average Bonchev–Trinajstić information content (AvgIpc) is 2.22. The monoisotopic (exact) mass is 225 g/mol. The second-order valence-corrected chi connectivity index (χ2v) is 4.60. The molecule has 0 bridgehead atoms. The summed E-state index contributed by atoms with van der Waals surface area (Å²) in [5, 5.41) is 13.7. The van der Waals surface area contributed by atoms with Crippen molar-refractivity contribution in [3.63, 3.8) is 0 Å². The molecule has 1 saturated heterocycles. The number of rotatable bonds is 2. The van der Waals surface area contributed by atoms with Crippen molar-refractivity contribution < 1.29 is 5.11 Å². The van der Waals surface area contributed by atoms with Gasteiger partial charge in [0, 0.05) is 11.1 Å². The maximum Gasteiger partial charge on any atom is 0.0567 e. The van der Waals surface area contributed by atoms with E-state index in [1.807, 2.05) is 24.3 Å². The molecule has 0 aliphatic carbocycles. The van der Waals surface area contributed by atoms with Crippen LogP contribution in [-0.4, -0.2) is 23.8 Å². The lowest BCUT2D eigenvalue weighted by Gasteiger charge is -2.27. The SMILES string of the molecule is O[C@@H]1CCN[C@H](Cc2ccc(Cl)cc2)C1. The maximum absolute atomic E-state index is 9.54. The minimum absolute atomic E-state index is 0.136. The predicted molar refractivity (Wildman–Crippen MR) is 62.2 cm³/mol. The first kappa shape index (κ1) is 10.9. The molecule has 1 aliphatic rings. The largest absolute Gasteiger partial charge is 0.393 e. The number of nitrogens with one attached hydrogen (secondary N) is 1. The Morgan fingerprint density at radius 3 is 2.73 bits per heavy atom. The highest BCUT2D eigenvalue weighted by Crippen LogP contribution is 2.15. The number of aliphatic hydroxyl groups is 1. The van der Waals surface area contributed by atoms with Crippen molar-refractivity contribution in [2.45, 2.75) is 31.4 Å². The zero-order chi connectivity index (χ0) is 10.7. The molecule has 0 amide bonds. The molecule has 2 rings (SSSR count). The lowest BCUT2D eigenvalue weighted by molar-refractivity contribution is 0.116. The van der Waals surface area contributed by atoms with Gasteiger partial charge in [-0.25, -0.2) is 0 Å². The van der Waals surface area contributed by atoms with Gasteiger partial charge in [0.1, 0.15) is 0 Å². The van der Waals surface area contributed by atoms with E-state index in [2.05, 4.69) is 5.32 Å². The summed E-state index contributed by atoms with van der Waals surface area (Å²) in [6, 6.07) is 8.32. The molecule has 0 saturated carbocycles. The highest BCUT2D eigenvalue weighted by molar-refractivity contribution is 6.30. The smallest absolute Gasteiger partial charge is 0.0567 e. The van der Waals surface area contributed by atoms with Crippen LogP contribution in [0.5, 0.6) is 0 Å². The van der Waals surface area contributed by atoms with E-state index in [9.17, 15) is 5.11 Å². The predicted octanol–water partition coefficient (Wildman–Crippen LogP) is 2.00. The number of hydrogen-bond acceptors (Lipinski definition) is 2. The van der Waals surface area contributed by atoms with E-state index >= 15 is 0 Å². The van der Waals surface area contributed by atoms with Crippen molar-refractivity contribution in [1.82, 2.24) is 5.32 Å². The molecule has 3 heteroatoms. The third kappa shape index (κ3) is 3.20. The first-order valence-corrected chi connectivity index (χ1v) is 5.78. The Bertz CT molecular complexity index is 312. The van der Waals surface area contributed by atoms with Crippen LogP contribution in [-0.2, 0) is 6.42 Å². The number of hydrogen-bond donors (Lipinski definition) is 2. The molecular weight excluding hydrogens is 210 g/mol. The molecule has 2 atom stereocenters. The average molecular weight is 226 g/mol. The summed E-state index contributed by atoms with van der Waals surface area (Å²) in [5.41, 5.74) is 1.27. The highest BCUT2D eigenvalue weighted by atomic mass is 35.5. The van der Waals surface area contributed by atoms with Crippen LogP contribution in [0.3, 0.4) is 0 Å². The number of aliphatic hydroxyl groups excluding tert-OH is 1. The van der Waals surface area contributed by atoms with Crippen molar-refractivity contribution in [3.05, 3.63) is 34.9 Å². The Morgan fingerprint density at radius 1 is 1.33 bits per heavy atom. The van der Waals surface area contributed by atoms with Gasteiger partial charge in [-0.05, 0) is 43.5 Å². The summed E-state index contributed by atoms with van der Waals surface area (Å²) in [4.78, 5) is 0. The van der Waals surface area contributed by atoms with Gasteiger partial charge in [-0.15, -0.1) is 0 Å². The van der Waals surface area contributed by atoms with Gasteiger partial charge in [0.2, 0.25) is 0 Å². The van der Waals surface area contributed by atoms with Gasteiger partial charge in [0.25, 0.3) is 0 Å². The van der Waals surface area contributed by atoms with Crippen molar-refractivity contribution in [2.75, 3.05) is 6.54 Å². The molecule has 2 nitrogen and oxygen atoms in total. The highest BCUT2D eigenvalue weighted by Gasteiger charge is 2.19. The van der Waals surface area contributed by atoms with Gasteiger partial charge in [0.05, 0.1) is 6.10 Å². The third-order valence-electron chi connectivity index (χ3n) is 2.86. The molecular formula is C12H16ClNO. The molecule has 1 aliphatic heterocycles. The second kappa shape index (κ2) is 4.97. The molecule has 1 fully saturated rings. The van der Waals surface area contributed by atoms with E-state index in [0.717, 1.165) is 30.8 Å². The Hall–Kier alpha value is -0.570. The first-order chi connectivity index (χ1) is 7.24. The zero-order valence-electron chi connectivity index (χ0n) is 8.62. The maximum atomic E-state index is 9.54. The molecule has 1 heterocycles. The van der Waals surface area contributed by atoms with E-state index < -0.39 is 0 Å². The molecule has 1 aromatic rings. The quantitative estimate of drug-likeness (QED) is 0.807. The van der Waals surface area contributed by atoms with Gasteiger partial charge >= 0.3 is 0 Å². The normalized spacial score (nSPS) is 26.5. The summed E-state index contributed by atoms with van der Waals surface area (Å²) in [7, 11) is 0. The molecule has 1 aromatic carbocycles. The van der Waals surface area contributed by atoms with Crippen molar-refractivity contribution in [2.24, 2.45) is 0 Å². The van der Waals surface area contributed by atoms with E-state index in [4.69, 9.17) is 11.6 Å². The van der Waals surface area contributed by atoms with E-state index in [1.165, 1.54) is 5.56 Å². The minimum Gasteiger partial charge on any atom is -0.393 e. The van der Waals surface area contributed by atoms with Crippen LogP contribution in [0, 0.1) is 0 Å². The summed E-state index contributed by atoms with van der Waals surface area (Å²) in [6.45, 7) is 0.916. The molecule has 0 spiro atoms. The van der Waals surface area contributed by atoms with Crippen molar-refractivity contribution in [1.29, 1.82) is 0 Å². The Morgan fingerprint density at radius 2 is 2.07 bits per heavy atom. The van der Waals surface area contributed by atoms with Crippen LogP contribution in [0.2, 0.25) is 5.02 Å². The summed E-state index contributed by atoms with van der Waals surface area (Å²) in [6.07, 6.45) is 2.55. The van der Waals surface area contributed by atoms with Gasteiger partial charge in [0.15, 0.2) is 0 Å². The fourth-order valence-electron chi connectivity index (χ4n) is 2.04. The second-order valence-electron chi connectivity index (χ2n) is 4.16. The molecule has 15 heavy (non-hydrogen) atoms. The number of benzene rings is 1. The van der Waals surface area contributed by atoms with Crippen LogP contribution in [0.4, 0.5) is 0 Å². The molecule has 0 aromatic heterocycles. The topological polar surface area (TPSA) is 32.3 Å². The lowest BCUT2D eigenvalue weighted by atomic mass is 9.96. The first-order valence-electron chi connectivity index (χ1n) is 5.40. The van der Waals surface area contributed by atoms with Crippen LogP contribution >= 0.6 is 11.6 Å². The Balaban J connectivity index is 1.93. The van der Waals surface area contributed by atoms with E-state index in [-0.39, 0.29) is 6.10 Å².